The molecule has 0 aliphatic rings. The van der Waals surface area contributed by atoms with Crippen molar-refractivity contribution in [2.75, 3.05) is 0 Å². The van der Waals surface area contributed by atoms with Gasteiger partial charge in [-0.3, -0.25) is 0 Å². The minimum Gasteiger partial charge on any atom is -0.388 e. The van der Waals surface area contributed by atoms with Crippen LogP contribution in [0.2, 0.25) is 0 Å². The molecule has 1 rings (SSSR count). The summed E-state index contributed by atoms with van der Waals surface area (Å²) in [7, 11) is 1.40. The molecule has 0 aliphatic heterocycles. The molecule has 0 radical (unpaired) electrons. The van der Waals surface area contributed by atoms with Crippen LogP contribution < -0.4 is 4.74 Å². The van der Waals surface area contributed by atoms with Gasteiger partial charge in [0.05, 0.1) is 5.69 Å². The van der Waals surface area contributed by atoms with Gasteiger partial charge in [0, 0.05) is 12.6 Å². The van der Waals surface area contributed by atoms with Crippen LogP contribution in [0.3, 0.4) is 0 Å². The minimum atomic E-state index is -4.66. The van der Waals surface area contributed by atoms with Crippen LogP contribution in [-0.2, 0) is 7.05 Å². The molecule has 13 heavy (non-hydrogen) atoms. The number of ether oxygens (including phenoxy) is 1. The maximum Gasteiger partial charge on any atom is 0.574 e. The summed E-state index contributed by atoms with van der Waals surface area (Å²) in [6, 6.07) is 0. The second-order valence-corrected chi connectivity index (χ2v) is 2.69. The fourth-order valence-corrected chi connectivity index (χ4v) is 0.995. The van der Waals surface area contributed by atoms with E-state index >= 15 is 0 Å². The number of hydrogen-bond acceptors (Lipinski definition) is 2. The zero-order valence-corrected chi connectivity index (χ0v) is 7.44. The summed E-state index contributed by atoms with van der Waals surface area (Å²) >= 11 is 0. The van der Waals surface area contributed by atoms with Gasteiger partial charge in [0.1, 0.15) is 0 Å². The van der Waals surface area contributed by atoms with Gasteiger partial charge in [0.25, 0.3) is 0 Å². The standard InChI is InChI=1S/C7H9F3N2O/c1-4-5(2)11-12(3)6(4)13-7(8,9)10/h1-3H3. The Labute approximate surface area is 73.1 Å². The molecule has 0 saturated heterocycles. The molecule has 1 aromatic heterocycles. The average Bonchev–Trinajstić information content (AvgIpc) is 2.14. The molecule has 0 amide bonds. The number of aryl methyl sites for hydroxylation is 2. The van der Waals surface area contributed by atoms with E-state index in [1.165, 1.54) is 14.0 Å². The fraction of sp³-hybridized carbons (Fsp3) is 0.571. The number of rotatable bonds is 1. The van der Waals surface area contributed by atoms with E-state index in [2.05, 4.69) is 9.84 Å². The van der Waals surface area contributed by atoms with Gasteiger partial charge in [-0.25, -0.2) is 4.68 Å². The first-order valence-electron chi connectivity index (χ1n) is 3.57. The summed E-state index contributed by atoms with van der Waals surface area (Å²) in [6.07, 6.45) is -4.66. The number of hydrogen-bond donors (Lipinski definition) is 0. The van der Waals surface area contributed by atoms with E-state index in [9.17, 15) is 13.2 Å². The molecule has 0 aromatic carbocycles. The Hall–Kier alpha value is -1.20. The number of halogens is 3. The highest BCUT2D eigenvalue weighted by atomic mass is 19.4. The summed E-state index contributed by atoms with van der Waals surface area (Å²) in [5, 5.41) is 3.79. The van der Waals surface area contributed by atoms with Crippen molar-refractivity contribution in [1.82, 2.24) is 9.78 Å². The first kappa shape index (κ1) is 9.88. The van der Waals surface area contributed by atoms with E-state index in [1.807, 2.05) is 0 Å². The quantitative estimate of drug-likeness (QED) is 0.683. The summed E-state index contributed by atoms with van der Waals surface area (Å²) in [6.45, 7) is 3.15. The largest absolute Gasteiger partial charge is 0.574 e. The van der Waals surface area contributed by atoms with E-state index in [4.69, 9.17) is 0 Å². The number of nitrogens with zero attached hydrogens (tertiary/aromatic N) is 2. The summed E-state index contributed by atoms with van der Waals surface area (Å²) in [4.78, 5) is 0. The first-order chi connectivity index (χ1) is 5.81. The van der Waals surface area contributed by atoms with Gasteiger partial charge in [-0.2, -0.15) is 5.10 Å². The van der Waals surface area contributed by atoms with E-state index in [0.29, 0.717) is 11.3 Å². The number of aromatic nitrogens is 2. The van der Waals surface area contributed by atoms with Crippen LogP contribution in [0.25, 0.3) is 0 Å². The second kappa shape index (κ2) is 2.93. The molecule has 3 nitrogen and oxygen atoms in total. The van der Waals surface area contributed by atoms with Crippen molar-refractivity contribution in [3.63, 3.8) is 0 Å². The lowest BCUT2D eigenvalue weighted by Crippen LogP contribution is -2.19. The second-order valence-electron chi connectivity index (χ2n) is 2.69. The monoisotopic (exact) mass is 194 g/mol. The van der Waals surface area contributed by atoms with Crippen LogP contribution in [0.4, 0.5) is 13.2 Å². The highest BCUT2D eigenvalue weighted by molar-refractivity contribution is 5.29. The lowest BCUT2D eigenvalue weighted by molar-refractivity contribution is -0.277. The molecule has 0 fully saturated rings. The van der Waals surface area contributed by atoms with Crippen molar-refractivity contribution in [3.05, 3.63) is 11.3 Å². The van der Waals surface area contributed by atoms with Crippen molar-refractivity contribution in [2.24, 2.45) is 7.05 Å². The Balaban J connectivity index is 3.01. The summed E-state index contributed by atoms with van der Waals surface area (Å²) < 4.78 is 40.4. The van der Waals surface area contributed by atoms with E-state index in [-0.39, 0.29) is 5.88 Å². The molecule has 0 saturated carbocycles. The Morgan fingerprint density at radius 1 is 1.31 bits per heavy atom. The zero-order valence-electron chi connectivity index (χ0n) is 7.44. The summed E-state index contributed by atoms with van der Waals surface area (Å²) in [5.74, 6) is -0.259. The van der Waals surface area contributed by atoms with Crippen LogP contribution in [0.1, 0.15) is 11.3 Å². The molecule has 0 atom stereocenters. The lowest BCUT2D eigenvalue weighted by Gasteiger charge is -2.09. The Morgan fingerprint density at radius 3 is 2.15 bits per heavy atom. The third-order valence-electron chi connectivity index (χ3n) is 1.67. The van der Waals surface area contributed by atoms with Crippen LogP contribution in [0, 0.1) is 13.8 Å². The van der Waals surface area contributed by atoms with E-state index < -0.39 is 6.36 Å². The van der Waals surface area contributed by atoms with Gasteiger partial charge in [-0.15, -0.1) is 13.2 Å². The van der Waals surface area contributed by atoms with Crippen LogP contribution in [0.15, 0.2) is 0 Å². The van der Waals surface area contributed by atoms with E-state index in [1.54, 1.807) is 6.92 Å². The fourth-order valence-electron chi connectivity index (χ4n) is 0.995. The van der Waals surface area contributed by atoms with Crippen LogP contribution in [0.5, 0.6) is 5.88 Å². The molecule has 0 spiro atoms. The molecule has 6 heteroatoms. The third-order valence-corrected chi connectivity index (χ3v) is 1.67. The molecular formula is C7H9F3N2O. The number of alkyl halides is 3. The van der Waals surface area contributed by atoms with Gasteiger partial charge in [-0.05, 0) is 13.8 Å². The normalized spacial score (nSPS) is 11.8. The van der Waals surface area contributed by atoms with Crippen molar-refractivity contribution in [3.8, 4) is 5.88 Å². The van der Waals surface area contributed by atoms with Gasteiger partial charge >= 0.3 is 6.36 Å². The first-order valence-corrected chi connectivity index (χ1v) is 3.57. The molecule has 74 valence electrons. The molecule has 0 bridgehead atoms. The van der Waals surface area contributed by atoms with Gasteiger partial charge in [0.15, 0.2) is 0 Å². The molecule has 0 unspecified atom stereocenters. The third kappa shape index (κ3) is 2.13. The molecular weight excluding hydrogens is 185 g/mol. The highest BCUT2D eigenvalue weighted by Gasteiger charge is 2.33. The van der Waals surface area contributed by atoms with Gasteiger partial charge in [0.2, 0.25) is 5.88 Å². The molecule has 0 N–H and O–H groups in total. The van der Waals surface area contributed by atoms with Crippen molar-refractivity contribution < 1.29 is 17.9 Å². The van der Waals surface area contributed by atoms with Gasteiger partial charge in [-0.1, -0.05) is 0 Å². The van der Waals surface area contributed by atoms with Crippen LogP contribution >= 0.6 is 0 Å². The Bertz CT molecular complexity index is 316. The molecule has 0 aliphatic carbocycles. The van der Waals surface area contributed by atoms with Crippen molar-refractivity contribution in [2.45, 2.75) is 20.2 Å². The van der Waals surface area contributed by atoms with Crippen LogP contribution in [-0.4, -0.2) is 16.1 Å². The smallest absolute Gasteiger partial charge is 0.388 e. The molecule has 1 aromatic rings. The van der Waals surface area contributed by atoms with Gasteiger partial charge < -0.3 is 4.74 Å². The van der Waals surface area contributed by atoms with Crippen molar-refractivity contribution >= 4 is 0 Å². The van der Waals surface area contributed by atoms with Crippen molar-refractivity contribution in [1.29, 1.82) is 0 Å². The maximum absolute atomic E-state index is 11.8. The Kier molecular flexibility index (Phi) is 2.23. The predicted molar refractivity (Wildman–Crippen MR) is 39.4 cm³/mol. The Morgan fingerprint density at radius 2 is 1.85 bits per heavy atom. The predicted octanol–water partition coefficient (Wildman–Crippen LogP) is 1.94. The average molecular weight is 194 g/mol. The van der Waals surface area contributed by atoms with E-state index in [0.717, 1.165) is 4.68 Å². The zero-order chi connectivity index (χ0) is 10.2. The summed E-state index contributed by atoms with van der Waals surface area (Å²) in [5.41, 5.74) is 0.932. The topological polar surface area (TPSA) is 27.1 Å². The molecule has 1 heterocycles. The lowest BCUT2D eigenvalue weighted by atomic mass is 10.3. The highest BCUT2D eigenvalue weighted by Crippen LogP contribution is 2.26. The minimum absolute atomic E-state index is 0.259. The SMILES string of the molecule is Cc1nn(C)c(OC(F)(F)F)c1C. The maximum atomic E-state index is 11.8.